The van der Waals surface area contributed by atoms with Gasteiger partial charge in [0, 0.05) is 41.2 Å². The standard InChI is InChI=1S/C31H56N3O19P/c1-14(37)32-20-26(43)23(40)19(13-46-4)51-30(20)52-28-22(34-16(3)39)31(50-18(12-36)25(28)42)53-27-21(33-15(2)38)29(49-17(11-35)24(27)41)47-9-7-6-8-10-48-54(5,44)45/h17-31,35-36,40-43H,6-13H2,1-5H3,(H,32,37)(H,33,38)(H,34,39)(H,44,45). The largest absolute Gasteiger partial charge is 0.394 e. The number of carbonyl (C=O) groups excluding carboxylic acids is 3. The van der Waals surface area contributed by atoms with Gasteiger partial charge in [0.25, 0.3) is 0 Å². The van der Waals surface area contributed by atoms with Crippen LogP contribution in [0.2, 0.25) is 0 Å². The molecule has 3 heterocycles. The Morgan fingerprint density at radius 3 is 1.57 bits per heavy atom. The number of aliphatic hydroxyl groups is 6. The summed E-state index contributed by atoms with van der Waals surface area (Å²) in [6.45, 7) is 2.84. The smallest absolute Gasteiger partial charge is 0.325 e. The average Bonchev–Trinajstić information content (AvgIpc) is 3.08. The van der Waals surface area contributed by atoms with Crippen LogP contribution in [-0.2, 0) is 56.6 Å². The summed E-state index contributed by atoms with van der Waals surface area (Å²) in [6, 6.07) is -4.17. The molecule has 3 fully saturated rings. The second-order valence-corrected chi connectivity index (χ2v) is 15.2. The lowest BCUT2D eigenvalue weighted by molar-refractivity contribution is -0.349. The molecule has 3 rings (SSSR count). The molecule has 0 aromatic heterocycles. The molecule has 0 saturated carbocycles. The maximum atomic E-state index is 12.6. The van der Waals surface area contributed by atoms with E-state index in [4.69, 9.17) is 37.7 Å². The Hall–Kier alpha value is -1.96. The topological polar surface area (TPSA) is 320 Å². The monoisotopic (exact) mass is 805 g/mol. The third kappa shape index (κ3) is 13.0. The zero-order chi connectivity index (χ0) is 40.3. The van der Waals surface area contributed by atoms with Gasteiger partial charge in [-0.25, -0.2) is 0 Å². The van der Waals surface area contributed by atoms with Crippen LogP contribution >= 0.6 is 7.60 Å². The van der Waals surface area contributed by atoms with E-state index >= 15 is 0 Å². The molecular formula is C31H56N3O19P. The number of rotatable bonds is 19. The van der Waals surface area contributed by atoms with Crippen LogP contribution in [0, 0.1) is 0 Å². The van der Waals surface area contributed by atoms with Crippen molar-refractivity contribution >= 4 is 25.3 Å². The highest BCUT2D eigenvalue weighted by atomic mass is 31.2. The van der Waals surface area contributed by atoms with Crippen molar-refractivity contribution < 1.29 is 92.2 Å². The van der Waals surface area contributed by atoms with Crippen LogP contribution in [-0.4, -0.2) is 192 Å². The molecule has 0 aromatic carbocycles. The predicted molar refractivity (Wildman–Crippen MR) is 180 cm³/mol. The van der Waals surface area contributed by atoms with E-state index in [-0.39, 0.29) is 19.8 Å². The van der Waals surface area contributed by atoms with Crippen LogP contribution in [0.15, 0.2) is 0 Å². The minimum atomic E-state index is -3.62. The van der Waals surface area contributed by atoms with Gasteiger partial charge >= 0.3 is 7.60 Å². The Morgan fingerprint density at radius 2 is 1.09 bits per heavy atom. The average molecular weight is 806 g/mol. The molecule has 10 N–H and O–H groups in total. The Balaban J connectivity index is 1.92. The van der Waals surface area contributed by atoms with Crippen molar-refractivity contribution in [1.29, 1.82) is 0 Å². The number of hydrogen-bond acceptors (Lipinski definition) is 18. The number of hydrogen-bond donors (Lipinski definition) is 10. The van der Waals surface area contributed by atoms with Gasteiger partial charge in [0.15, 0.2) is 18.9 Å². The van der Waals surface area contributed by atoms with Crippen molar-refractivity contribution in [3.8, 4) is 0 Å². The highest BCUT2D eigenvalue weighted by Crippen LogP contribution is 2.37. The van der Waals surface area contributed by atoms with Gasteiger partial charge in [-0.2, -0.15) is 0 Å². The summed E-state index contributed by atoms with van der Waals surface area (Å²) < 4.78 is 57.1. The minimum Gasteiger partial charge on any atom is -0.394 e. The molecule has 22 nitrogen and oxygen atoms in total. The number of methoxy groups -OCH3 is 1. The summed E-state index contributed by atoms with van der Waals surface area (Å²) in [7, 11) is -2.31. The number of aliphatic hydroxyl groups excluding tert-OH is 6. The van der Waals surface area contributed by atoms with Crippen molar-refractivity contribution in [2.24, 2.45) is 0 Å². The molecule has 0 spiro atoms. The normalized spacial score (nSPS) is 38.3. The van der Waals surface area contributed by atoms with Crippen molar-refractivity contribution in [3.05, 3.63) is 0 Å². The van der Waals surface area contributed by atoms with Gasteiger partial charge in [-0.15, -0.1) is 0 Å². The van der Waals surface area contributed by atoms with E-state index in [1.165, 1.54) is 14.0 Å². The number of carbonyl (C=O) groups is 3. The molecule has 3 amide bonds. The summed E-state index contributed by atoms with van der Waals surface area (Å²) >= 11 is 0. The van der Waals surface area contributed by atoms with Gasteiger partial charge in [-0.05, 0) is 19.3 Å². The fraction of sp³-hybridized carbons (Fsp3) is 0.903. The molecular weight excluding hydrogens is 749 g/mol. The van der Waals surface area contributed by atoms with E-state index in [9.17, 15) is 54.5 Å². The first-order valence-corrected chi connectivity index (χ1v) is 19.5. The van der Waals surface area contributed by atoms with Crippen LogP contribution in [0.3, 0.4) is 0 Å². The van der Waals surface area contributed by atoms with Gasteiger partial charge in [0.2, 0.25) is 17.7 Å². The molecule has 314 valence electrons. The highest BCUT2D eigenvalue weighted by Gasteiger charge is 2.55. The van der Waals surface area contributed by atoms with E-state index in [1.807, 2.05) is 0 Å². The van der Waals surface area contributed by atoms with E-state index in [1.54, 1.807) is 0 Å². The van der Waals surface area contributed by atoms with E-state index in [2.05, 4.69) is 16.0 Å². The number of nitrogens with one attached hydrogen (secondary N) is 3. The molecule has 0 bridgehead atoms. The van der Waals surface area contributed by atoms with Crippen molar-refractivity contribution in [2.75, 3.05) is 46.8 Å². The Morgan fingerprint density at radius 1 is 0.648 bits per heavy atom. The SMILES string of the molecule is COCC1OC(OC2C(O)C(CO)OC(OC3C(O)C(CO)OC(OCCCCCOP(C)(=O)O)C3NC(C)=O)C2NC(C)=O)C(NC(C)=O)C(O)C1O. The first-order valence-electron chi connectivity index (χ1n) is 17.5. The van der Waals surface area contributed by atoms with Gasteiger partial charge in [-0.1, -0.05) is 0 Å². The lowest BCUT2D eigenvalue weighted by Gasteiger charge is -2.50. The van der Waals surface area contributed by atoms with Crippen LogP contribution in [0.4, 0.5) is 0 Å². The summed E-state index contributed by atoms with van der Waals surface area (Å²) in [5, 5.41) is 72.2. The number of amides is 3. The molecule has 54 heavy (non-hydrogen) atoms. The second kappa shape index (κ2) is 21.5. The lowest BCUT2D eigenvalue weighted by atomic mass is 9.93. The fourth-order valence-electron chi connectivity index (χ4n) is 6.36. The number of ether oxygens (including phenoxy) is 7. The summed E-state index contributed by atoms with van der Waals surface area (Å²) in [5.74, 6) is -1.91. The highest BCUT2D eigenvalue weighted by molar-refractivity contribution is 7.51. The fourth-order valence-corrected chi connectivity index (χ4v) is 6.82. The Labute approximate surface area is 312 Å². The predicted octanol–water partition coefficient (Wildman–Crippen LogP) is -4.46. The van der Waals surface area contributed by atoms with Crippen LogP contribution in [0.1, 0.15) is 40.0 Å². The number of unbranched alkanes of at least 4 members (excludes halogenated alkanes) is 2. The molecule has 23 heteroatoms. The van der Waals surface area contributed by atoms with Crippen LogP contribution < -0.4 is 16.0 Å². The molecule has 16 unspecified atom stereocenters. The van der Waals surface area contributed by atoms with Crippen LogP contribution in [0.5, 0.6) is 0 Å². The van der Waals surface area contributed by atoms with E-state index in [0.717, 1.165) is 20.5 Å². The first-order chi connectivity index (χ1) is 25.4. The van der Waals surface area contributed by atoms with E-state index < -0.39 is 130 Å². The molecule has 0 aliphatic carbocycles. The third-order valence-electron chi connectivity index (χ3n) is 8.83. The maximum absolute atomic E-state index is 12.6. The lowest BCUT2D eigenvalue weighted by Crippen LogP contribution is -2.71. The van der Waals surface area contributed by atoms with Gasteiger partial charge in [-0.3, -0.25) is 18.9 Å². The second-order valence-electron chi connectivity index (χ2n) is 13.4. The Bertz CT molecular complexity index is 1250. The quantitative estimate of drug-likeness (QED) is 0.0435. The summed E-state index contributed by atoms with van der Waals surface area (Å²) in [4.78, 5) is 46.4. The first kappa shape index (κ1) is 46.4. The molecule has 16 atom stereocenters. The maximum Gasteiger partial charge on any atom is 0.325 e. The zero-order valence-electron chi connectivity index (χ0n) is 30.8. The van der Waals surface area contributed by atoms with Gasteiger partial charge in [0.1, 0.15) is 73.1 Å². The van der Waals surface area contributed by atoms with Gasteiger partial charge in [0.05, 0.1) is 26.4 Å². The molecule has 0 radical (unpaired) electrons. The minimum absolute atomic E-state index is 0.0369. The summed E-state index contributed by atoms with van der Waals surface area (Å²) in [5.41, 5.74) is 0. The molecule has 3 aliphatic heterocycles. The summed E-state index contributed by atoms with van der Waals surface area (Å²) in [6.07, 6.45) is -16.9. The van der Waals surface area contributed by atoms with E-state index in [0.29, 0.717) is 19.3 Å². The van der Waals surface area contributed by atoms with Gasteiger partial charge < -0.3 is 89.2 Å². The molecule has 3 saturated heterocycles. The molecule has 0 aromatic rings. The zero-order valence-corrected chi connectivity index (χ0v) is 31.7. The molecule has 3 aliphatic rings. The van der Waals surface area contributed by atoms with Crippen molar-refractivity contribution in [1.82, 2.24) is 16.0 Å². The van der Waals surface area contributed by atoms with Crippen molar-refractivity contribution in [2.45, 2.75) is 132 Å². The third-order valence-corrected chi connectivity index (χ3v) is 9.49. The Kier molecular flexibility index (Phi) is 18.5. The van der Waals surface area contributed by atoms with Crippen molar-refractivity contribution in [3.63, 3.8) is 0 Å². The van der Waals surface area contributed by atoms with Crippen LogP contribution in [0.25, 0.3) is 0 Å².